The fraction of sp³-hybridized carbons (Fsp3) is 0.333. The van der Waals surface area contributed by atoms with Crippen LogP contribution < -0.4 is 5.73 Å². The number of hydrogen-bond acceptors (Lipinski definition) is 2. The van der Waals surface area contributed by atoms with E-state index in [1.807, 2.05) is 37.4 Å². The first-order chi connectivity index (χ1) is 7.24. The molecule has 0 amide bonds. The summed E-state index contributed by atoms with van der Waals surface area (Å²) in [7, 11) is 0. The van der Waals surface area contributed by atoms with Gasteiger partial charge in [0, 0.05) is 17.1 Å². The molecule has 2 rings (SSSR count). The maximum absolute atomic E-state index is 9.74. The SMILES string of the molecule is CC[C@@H](O)[C@@H](N)c1cccc2[nH]ccc12.Cl. The highest BCUT2D eigenvalue weighted by atomic mass is 35.5. The third-order valence-corrected chi connectivity index (χ3v) is 2.82. The molecule has 88 valence electrons. The van der Waals surface area contributed by atoms with Crippen molar-refractivity contribution >= 4 is 23.3 Å². The van der Waals surface area contributed by atoms with Gasteiger partial charge in [0.15, 0.2) is 0 Å². The lowest BCUT2D eigenvalue weighted by atomic mass is 9.97. The molecule has 0 radical (unpaired) electrons. The Kier molecular flexibility index (Phi) is 4.35. The fourth-order valence-corrected chi connectivity index (χ4v) is 1.86. The Morgan fingerprint density at radius 2 is 2.12 bits per heavy atom. The van der Waals surface area contributed by atoms with Crippen molar-refractivity contribution in [2.45, 2.75) is 25.5 Å². The molecule has 1 aromatic heterocycles. The molecule has 0 aliphatic carbocycles. The van der Waals surface area contributed by atoms with Crippen molar-refractivity contribution in [1.82, 2.24) is 4.98 Å². The first-order valence-corrected chi connectivity index (χ1v) is 5.23. The zero-order valence-corrected chi connectivity index (χ0v) is 10.00. The number of benzene rings is 1. The Labute approximate surface area is 101 Å². The quantitative estimate of drug-likeness (QED) is 0.771. The maximum atomic E-state index is 9.74. The fourth-order valence-electron chi connectivity index (χ4n) is 1.86. The predicted molar refractivity (Wildman–Crippen MR) is 68.8 cm³/mol. The standard InChI is InChI=1S/C12H16N2O.ClH/c1-2-11(15)12(13)9-4-3-5-10-8(9)6-7-14-10;/h3-7,11-12,14-15H,2,13H2,1H3;1H/t11-,12+;/m1./s1. The van der Waals surface area contributed by atoms with Gasteiger partial charge in [-0.05, 0) is 24.1 Å². The van der Waals surface area contributed by atoms with E-state index >= 15 is 0 Å². The van der Waals surface area contributed by atoms with E-state index < -0.39 is 6.10 Å². The number of aromatic nitrogens is 1. The molecule has 0 saturated carbocycles. The van der Waals surface area contributed by atoms with Crippen LogP contribution in [0.1, 0.15) is 24.9 Å². The minimum atomic E-state index is -0.481. The summed E-state index contributed by atoms with van der Waals surface area (Å²) in [5.41, 5.74) is 8.07. The van der Waals surface area contributed by atoms with Gasteiger partial charge < -0.3 is 15.8 Å². The number of fused-ring (bicyclic) bond motifs is 1. The van der Waals surface area contributed by atoms with E-state index in [1.54, 1.807) is 0 Å². The molecular weight excluding hydrogens is 224 g/mol. The Balaban J connectivity index is 0.00000128. The second-order valence-electron chi connectivity index (χ2n) is 3.79. The van der Waals surface area contributed by atoms with Crippen molar-refractivity contribution in [3.8, 4) is 0 Å². The lowest BCUT2D eigenvalue weighted by molar-refractivity contribution is 0.141. The molecule has 1 aromatic carbocycles. The van der Waals surface area contributed by atoms with Crippen LogP contribution in [0.25, 0.3) is 10.9 Å². The third kappa shape index (κ3) is 2.21. The molecule has 16 heavy (non-hydrogen) atoms. The predicted octanol–water partition coefficient (Wildman–Crippen LogP) is 2.36. The highest BCUT2D eigenvalue weighted by Crippen LogP contribution is 2.24. The number of H-pyrrole nitrogens is 1. The number of halogens is 1. The van der Waals surface area contributed by atoms with E-state index in [-0.39, 0.29) is 18.4 Å². The van der Waals surface area contributed by atoms with E-state index in [0.717, 1.165) is 16.5 Å². The van der Waals surface area contributed by atoms with Crippen molar-refractivity contribution in [3.05, 3.63) is 36.0 Å². The van der Waals surface area contributed by atoms with Crippen LogP contribution >= 0.6 is 12.4 Å². The largest absolute Gasteiger partial charge is 0.391 e. The van der Waals surface area contributed by atoms with Gasteiger partial charge in [0.25, 0.3) is 0 Å². The third-order valence-electron chi connectivity index (χ3n) is 2.82. The lowest BCUT2D eigenvalue weighted by Gasteiger charge is -2.18. The number of nitrogens with one attached hydrogen (secondary N) is 1. The molecule has 0 unspecified atom stereocenters. The average molecular weight is 241 g/mol. The summed E-state index contributed by atoms with van der Waals surface area (Å²) < 4.78 is 0. The molecule has 2 aromatic rings. The van der Waals surface area contributed by atoms with Gasteiger partial charge in [-0.1, -0.05) is 19.1 Å². The summed E-state index contributed by atoms with van der Waals surface area (Å²) in [5.74, 6) is 0. The zero-order valence-electron chi connectivity index (χ0n) is 9.18. The number of aliphatic hydroxyl groups is 1. The average Bonchev–Trinajstić information content (AvgIpc) is 2.74. The molecule has 2 atom stereocenters. The van der Waals surface area contributed by atoms with E-state index in [1.165, 1.54) is 0 Å². The molecule has 0 aliphatic rings. The first-order valence-electron chi connectivity index (χ1n) is 5.23. The van der Waals surface area contributed by atoms with Gasteiger partial charge >= 0.3 is 0 Å². The van der Waals surface area contributed by atoms with Crippen LogP contribution in [0.15, 0.2) is 30.5 Å². The molecule has 0 bridgehead atoms. The number of hydrogen-bond donors (Lipinski definition) is 3. The van der Waals surface area contributed by atoms with E-state index in [0.29, 0.717) is 6.42 Å². The lowest BCUT2D eigenvalue weighted by Crippen LogP contribution is -2.25. The Hall–Kier alpha value is -1.03. The smallest absolute Gasteiger partial charge is 0.0730 e. The Bertz CT molecular complexity index is 455. The second-order valence-corrected chi connectivity index (χ2v) is 3.79. The minimum Gasteiger partial charge on any atom is -0.391 e. The Morgan fingerprint density at radius 1 is 1.38 bits per heavy atom. The molecule has 3 nitrogen and oxygen atoms in total. The van der Waals surface area contributed by atoms with Gasteiger partial charge in [-0.2, -0.15) is 0 Å². The monoisotopic (exact) mass is 240 g/mol. The second kappa shape index (κ2) is 5.34. The Morgan fingerprint density at radius 3 is 2.81 bits per heavy atom. The van der Waals surface area contributed by atoms with Crippen LogP contribution in [0.4, 0.5) is 0 Å². The van der Waals surface area contributed by atoms with Gasteiger partial charge in [-0.25, -0.2) is 0 Å². The molecule has 0 spiro atoms. The molecule has 0 saturated heterocycles. The summed E-state index contributed by atoms with van der Waals surface area (Å²) in [4.78, 5) is 3.13. The molecule has 1 heterocycles. The van der Waals surface area contributed by atoms with Crippen molar-refractivity contribution in [1.29, 1.82) is 0 Å². The molecule has 4 N–H and O–H groups in total. The van der Waals surface area contributed by atoms with Crippen LogP contribution in [-0.4, -0.2) is 16.2 Å². The van der Waals surface area contributed by atoms with Crippen LogP contribution in [0.3, 0.4) is 0 Å². The topological polar surface area (TPSA) is 62.0 Å². The molecule has 4 heteroatoms. The van der Waals surface area contributed by atoms with Crippen molar-refractivity contribution < 1.29 is 5.11 Å². The van der Waals surface area contributed by atoms with Crippen molar-refractivity contribution in [3.63, 3.8) is 0 Å². The number of aromatic amines is 1. The van der Waals surface area contributed by atoms with Gasteiger partial charge in [0.1, 0.15) is 0 Å². The zero-order chi connectivity index (χ0) is 10.8. The highest BCUT2D eigenvalue weighted by molar-refractivity contribution is 5.85. The highest BCUT2D eigenvalue weighted by Gasteiger charge is 2.17. The van der Waals surface area contributed by atoms with Crippen LogP contribution in [0.2, 0.25) is 0 Å². The van der Waals surface area contributed by atoms with Crippen molar-refractivity contribution in [2.75, 3.05) is 0 Å². The summed E-state index contributed by atoms with van der Waals surface area (Å²) in [6.45, 7) is 1.93. The molecular formula is C12H17ClN2O. The van der Waals surface area contributed by atoms with Crippen LogP contribution in [-0.2, 0) is 0 Å². The summed E-state index contributed by atoms with van der Waals surface area (Å²) in [6, 6.07) is 7.61. The number of aliphatic hydroxyl groups excluding tert-OH is 1. The summed E-state index contributed by atoms with van der Waals surface area (Å²) >= 11 is 0. The van der Waals surface area contributed by atoms with Gasteiger partial charge in [-0.15, -0.1) is 12.4 Å². The van der Waals surface area contributed by atoms with Gasteiger partial charge in [0.05, 0.1) is 12.1 Å². The maximum Gasteiger partial charge on any atom is 0.0730 e. The van der Waals surface area contributed by atoms with Crippen LogP contribution in [0, 0.1) is 0 Å². The van der Waals surface area contributed by atoms with Gasteiger partial charge in [0.2, 0.25) is 0 Å². The molecule has 0 aliphatic heterocycles. The first kappa shape index (κ1) is 13.0. The normalized spacial score (nSPS) is 14.4. The van der Waals surface area contributed by atoms with Crippen molar-refractivity contribution in [2.24, 2.45) is 5.73 Å². The minimum absolute atomic E-state index is 0. The van der Waals surface area contributed by atoms with Crippen LogP contribution in [0.5, 0.6) is 0 Å². The van der Waals surface area contributed by atoms with E-state index in [4.69, 9.17) is 5.73 Å². The van der Waals surface area contributed by atoms with Gasteiger partial charge in [-0.3, -0.25) is 0 Å². The summed E-state index contributed by atoms with van der Waals surface area (Å²) in [5, 5.41) is 10.8. The van der Waals surface area contributed by atoms with E-state index in [9.17, 15) is 5.11 Å². The number of nitrogens with two attached hydrogens (primary N) is 1. The van der Waals surface area contributed by atoms with E-state index in [2.05, 4.69) is 4.98 Å². The molecule has 0 fully saturated rings. The summed E-state index contributed by atoms with van der Waals surface area (Å²) in [6.07, 6.45) is 2.08. The number of rotatable bonds is 3.